The van der Waals surface area contributed by atoms with E-state index < -0.39 is 10.0 Å². The van der Waals surface area contributed by atoms with Gasteiger partial charge in [-0.05, 0) is 36.9 Å². The highest BCUT2D eigenvalue weighted by Crippen LogP contribution is 2.28. The van der Waals surface area contributed by atoms with Crippen molar-refractivity contribution in [3.63, 3.8) is 0 Å². The van der Waals surface area contributed by atoms with Gasteiger partial charge in [-0.15, -0.1) is 0 Å². The zero-order valence-corrected chi connectivity index (χ0v) is 13.8. The van der Waals surface area contributed by atoms with Crippen molar-refractivity contribution in [2.24, 2.45) is 5.92 Å². The summed E-state index contributed by atoms with van der Waals surface area (Å²) >= 11 is 0. The summed E-state index contributed by atoms with van der Waals surface area (Å²) in [6.07, 6.45) is 3.59. The van der Waals surface area contributed by atoms with Gasteiger partial charge in [0, 0.05) is 19.6 Å². The molecule has 0 bridgehead atoms. The normalized spacial score (nSPS) is 16.1. The van der Waals surface area contributed by atoms with Crippen molar-refractivity contribution in [2.45, 2.75) is 38.5 Å². The van der Waals surface area contributed by atoms with Gasteiger partial charge in [0.1, 0.15) is 0 Å². The molecule has 4 nitrogen and oxygen atoms in total. The Morgan fingerprint density at radius 3 is 2.57 bits per heavy atom. The molecule has 1 aromatic rings. The minimum Gasteiger partial charge on any atom is -0.316 e. The van der Waals surface area contributed by atoms with Crippen molar-refractivity contribution in [1.29, 1.82) is 0 Å². The Bertz CT molecular complexity index is 553. The zero-order chi connectivity index (χ0) is 15.3. The van der Waals surface area contributed by atoms with Gasteiger partial charge in [0.2, 0.25) is 10.0 Å². The van der Waals surface area contributed by atoms with Crippen molar-refractivity contribution in [3.8, 4) is 0 Å². The second-order valence-electron chi connectivity index (χ2n) is 5.85. The SMILES string of the molecule is CCN(CC1CCC1)S(=O)(=O)Cc1cccc(CNC)c1. The first-order valence-corrected chi connectivity index (χ1v) is 9.36. The van der Waals surface area contributed by atoms with E-state index in [2.05, 4.69) is 5.32 Å². The maximum Gasteiger partial charge on any atom is 0.218 e. The molecule has 1 fully saturated rings. The molecule has 1 N–H and O–H groups in total. The number of rotatable bonds is 8. The van der Waals surface area contributed by atoms with Crippen LogP contribution in [0.4, 0.5) is 0 Å². The number of nitrogens with one attached hydrogen (secondary N) is 1. The lowest BCUT2D eigenvalue weighted by atomic mass is 9.85. The van der Waals surface area contributed by atoms with E-state index in [9.17, 15) is 8.42 Å². The summed E-state index contributed by atoms with van der Waals surface area (Å²) in [7, 11) is -1.33. The molecule has 0 aliphatic heterocycles. The van der Waals surface area contributed by atoms with E-state index in [1.165, 1.54) is 19.3 Å². The maximum atomic E-state index is 12.6. The van der Waals surface area contributed by atoms with Crippen LogP contribution in [-0.2, 0) is 22.3 Å². The monoisotopic (exact) mass is 310 g/mol. The Labute approximate surface area is 128 Å². The van der Waals surface area contributed by atoms with E-state index in [1.54, 1.807) is 4.31 Å². The molecule has 2 rings (SSSR count). The molecule has 0 heterocycles. The summed E-state index contributed by atoms with van der Waals surface area (Å²) in [6.45, 7) is 3.94. The smallest absolute Gasteiger partial charge is 0.218 e. The molecule has 118 valence electrons. The first kappa shape index (κ1) is 16.5. The third-order valence-corrected chi connectivity index (χ3v) is 6.05. The average molecular weight is 310 g/mol. The Hall–Kier alpha value is -0.910. The van der Waals surface area contributed by atoms with Crippen LogP contribution in [0, 0.1) is 5.92 Å². The predicted octanol–water partition coefficient (Wildman–Crippen LogP) is 2.36. The lowest BCUT2D eigenvalue weighted by molar-refractivity contribution is 0.250. The largest absolute Gasteiger partial charge is 0.316 e. The molecule has 21 heavy (non-hydrogen) atoms. The molecule has 0 aromatic heterocycles. The highest BCUT2D eigenvalue weighted by atomic mass is 32.2. The van der Waals surface area contributed by atoms with Crippen LogP contribution in [0.25, 0.3) is 0 Å². The van der Waals surface area contributed by atoms with Crippen molar-refractivity contribution < 1.29 is 8.42 Å². The van der Waals surface area contributed by atoms with Gasteiger partial charge in [-0.25, -0.2) is 12.7 Å². The minimum atomic E-state index is -3.22. The Morgan fingerprint density at radius 2 is 2.00 bits per heavy atom. The summed E-state index contributed by atoms with van der Waals surface area (Å²) in [6, 6.07) is 7.82. The van der Waals surface area contributed by atoms with Crippen LogP contribution < -0.4 is 5.32 Å². The van der Waals surface area contributed by atoms with Gasteiger partial charge in [-0.3, -0.25) is 0 Å². The number of sulfonamides is 1. The molecule has 0 saturated heterocycles. The van der Waals surface area contributed by atoms with Crippen molar-refractivity contribution in [1.82, 2.24) is 9.62 Å². The van der Waals surface area contributed by atoms with Crippen LogP contribution in [0.1, 0.15) is 37.3 Å². The first-order valence-electron chi connectivity index (χ1n) is 7.75. The quantitative estimate of drug-likeness (QED) is 0.802. The van der Waals surface area contributed by atoms with Gasteiger partial charge in [-0.2, -0.15) is 0 Å². The summed E-state index contributed by atoms with van der Waals surface area (Å²) in [5.41, 5.74) is 1.99. The highest BCUT2D eigenvalue weighted by Gasteiger charge is 2.27. The van der Waals surface area contributed by atoms with Gasteiger partial charge >= 0.3 is 0 Å². The van der Waals surface area contributed by atoms with E-state index >= 15 is 0 Å². The second kappa shape index (κ2) is 7.38. The Kier molecular flexibility index (Phi) is 5.79. The molecule has 0 spiro atoms. The van der Waals surface area contributed by atoms with Gasteiger partial charge in [0.05, 0.1) is 5.75 Å². The number of benzene rings is 1. The fourth-order valence-corrected chi connectivity index (χ4v) is 4.35. The van der Waals surface area contributed by atoms with Gasteiger partial charge < -0.3 is 5.32 Å². The summed E-state index contributed by atoms with van der Waals surface area (Å²) in [5.74, 6) is 0.667. The summed E-state index contributed by atoms with van der Waals surface area (Å²) < 4.78 is 26.8. The van der Waals surface area contributed by atoms with Crippen LogP contribution in [0.15, 0.2) is 24.3 Å². The van der Waals surface area contributed by atoms with Crippen LogP contribution in [0.2, 0.25) is 0 Å². The van der Waals surface area contributed by atoms with Gasteiger partial charge in [0.25, 0.3) is 0 Å². The molecule has 1 aromatic carbocycles. The number of nitrogens with zero attached hydrogens (tertiary/aromatic N) is 1. The predicted molar refractivity (Wildman–Crippen MR) is 86.4 cm³/mol. The molecule has 1 aliphatic rings. The molecule has 1 saturated carbocycles. The summed E-state index contributed by atoms with van der Waals surface area (Å²) in [5, 5.41) is 3.09. The lowest BCUT2D eigenvalue weighted by Crippen LogP contribution is -2.37. The van der Waals surface area contributed by atoms with E-state index in [1.807, 2.05) is 38.2 Å². The van der Waals surface area contributed by atoms with Crippen molar-refractivity contribution in [2.75, 3.05) is 20.1 Å². The fourth-order valence-electron chi connectivity index (χ4n) is 2.74. The zero-order valence-electron chi connectivity index (χ0n) is 13.0. The van der Waals surface area contributed by atoms with Gasteiger partial charge in [0.15, 0.2) is 0 Å². The third-order valence-electron chi connectivity index (χ3n) is 4.15. The molecule has 0 radical (unpaired) electrons. The molecular formula is C16H26N2O2S. The average Bonchev–Trinajstić information content (AvgIpc) is 2.37. The maximum absolute atomic E-state index is 12.6. The molecule has 1 aliphatic carbocycles. The van der Waals surface area contributed by atoms with Crippen LogP contribution in [0.5, 0.6) is 0 Å². The van der Waals surface area contributed by atoms with Crippen LogP contribution in [0.3, 0.4) is 0 Å². The van der Waals surface area contributed by atoms with Crippen LogP contribution >= 0.6 is 0 Å². The molecule has 5 heteroatoms. The van der Waals surface area contributed by atoms with E-state index in [4.69, 9.17) is 0 Å². The minimum absolute atomic E-state index is 0.102. The standard InChI is InChI=1S/C16H26N2O2S/c1-3-18(12-14-6-4-7-14)21(19,20)13-16-9-5-8-15(10-16)11-17-2/h5,8-10,14,17H,3-4,6-7,11-13H2,1-2H3. The molecule has 0 unspecified atom stereocenters. The number of hydrogen-bond acceptors (Lipinski definition) is 3. The first-order chi connectivity index (χ1) is 10.0. The third kappa shape index (κ3) is 4.53. The van der Waals surface area contributed by atoms with Crippen molar-refractivity contribution >= 4 is 10.0 Å². The summed E-state index contributed by atoms with van der Waals surface area (Å²) in [4.78, 5) is 0. The van der Waals surface area contributed by atoms with E-state index in [0.717, 1.165) is 17.7 Å². The second-order valence-corrected chi connectivity index (χ2v) is 7.82. The van der Waals surface area contributed by atoms with Crippen molar-refractivity contribution in [3.05, 3.63) is 35.4 Å². The highest BCUT2D eigenvalue weighted by molar-refractivity contribution is 7.88. The fraction of sp³-hybridized carbons (Fsp3) is 0.625. The topological polar surface area (TPSA) is 49.4 Å². The molecule has 0 amide bonds. The Morgan fingerprint density at radius 1 is 1.29 bits per heavy atom. The van der Waals surface area contributed by atoms with E-state index in [0.29, 0.717) is 19.0 Å². The van der Waals surface area contributed by atoms with Gasteiger partial charge in [-0.1, -0.05) is 37.6 Å². The number of hydrogen-bond donors (Lipinski definition) is 1. The molecular weight excluding hydrogens is 284 g/mol. The lowest BCUT2D eigenvalue weighted by Gasteiger charge is -2.31. The molecule has 0 atom stereocenters. The van der Waals surface area contributed by atoms with Crippen LogP contribution in [-0.4, -0.2) is 32.9 Å². The Balaban J connectivity index is 2.05. The van der Waals surface area contributed by atoms with E-state index in [-0.39, 0.29) is 5.75 Å².